The van der Waals surface area contributed by atoms with E-state index in [0.29, 0.717) is 6.04 Å². The van der Waals surface area contributed by atoms with E-state index in [1.54, 1.807) is 18.7 Å². The molecule has 0 unspecified atom stereocenters. The first kappa shape index (κ1) is 13.2. The van der Waals surface area contributed by atoms with Gasteiger partial charge in [0, 0.05) is 50.7 Å². The number of aromatic nitrogens is 4. The van der Waals surface area contributed by atoms with Gasteiger partial charge in [-0.3, -0.25) is 0 Å². The van der Waals surface area contributed by atoms with E-state index in [9.17, 15) is 0 Å². The molecular formula is C15H19N7. The third-order valence-corrected chi connectivity index (χ3v) is 4.02. The number of rotatable bonds is 4. The summed E-state index contributed by atoms with van der Waals surface area (Å²) in [6.45, 7) is 3.63. The van der Waals surface area contributed by atoms with Crippen molar-refractivity contribution in [3.05, 3.63) is 30.9 Å². The molecule has 114 valence electrons. The predicted molar refractivity (Wildman–Crippen MR) is 85.1 cm³/mol. The second kappa shape index (κ2) is 5.75. The quantitative estimate of drug-likeness (QED) is 0.908. The van der Waals surface area contributed by atoms with Gasteiger partial charge in [-0.2, -0.15) is 0 Å². The molecule has 0 bridgehead atoms. The average Bonchev–Trinajstić information content (AvgIpc) is 3.40. The Hall–Kier alpha value is -2.44. The van der Waals surface area contributed by atoms with Crippen LogP contribution in [0.1, 0.15) is 12.8 Å². The zero-order valence-corrected chi connectivity index (χ0v) is 12.4. The van der Waals surface area contributed by atoms with E-state index < -0.39 is 0 Å². The molecule has 3 heterocycles. The molecule has 22 heavy (non-hydrogen) atoms. The van der Waals surface area contributed by atoms with Gasteiger partial charge in [0.1, 0.15) is 18.0 Å². The van der Waals surface area contributed by atoms with Gasteiger partial charge >= 0.3 is 0 Å². The van der Waals surface area contributed by atoms with Gasteiger partial charge in [-0.1, -0.05) is 0 Å². The van der Waals surface area contributed by atoms with Crippen LogP contribution in [0.3, 0.4) is 0 Å². The number of hydrogen-bond acceptors (Lipinski definition) is 7. The molecule has 2 fully saturated rings. The minimum Gasteiger partial charge on any atom is -0.367 e. The highest BCUT2D eigenvalue weighted by Crippen LogP contribution is 2.25. The van der Waals surface area contributed by atoms with Crippen molar-refractivity contribution in [2.75, 3.05) is 41.3 Å². The van der Waals surface area contributed by atoms with Crippen LogP contribution in [0.4, 0.5) is 17.6 Å². The van der Waals surface area contributed by atoms with Crippen molar-refractivity contribution in [2.24, 2.45) is 0 Å². The van der Waals surface area contributed by atoms with Gasteiger partial charge in [0.2, 0.25) is 5.95 Å². The summed E-state index contributed by atoms with van der Waals surface area (Å²) in [6, 6.07) is 4.50. The maximum atomic E-state index is 4.41. The molecule has 7 heteroatoms. The van der Waals surface area contributed by atoms with Crippen LogP contribution in [-0.2, 0) is 0 Å². The molecule has 2 aromatic rings. The summed E-state index contributed by atoms with van der Waals surface area (Å²) in [5.41, 5.74) is 0. The van der Waals surface area contributed by atoms with Crippen LogP contribution >= 0.6 is 0 Å². The molecular weight excluding hydrogens is 278 g/mol. The average molecular weight is 297 g/mol. The molecule has 7 nitrogen and oxygen atoms in total. The van der Waals surface area contributed by atoms with Crippen molar-refractivity contribution in [2.45, 2.75) is 18.9 Å². The van der Waals surface area contributed by atoms with Crippen LogP contribution in [0.5, 0.6) is 0 Å². The van der Waals surface area contributed by atoms with Crippen molar-refractivity contribution in [1.82, 2.24) is 19.9 Å². The van der Waals surface area contributed by atoms with E-state index in [2.05, 4.69) is 35.1 Å². The van der Waals surface area contributed by atoms with E-state index in [4.69, 9.17) is 0 Å². The van der Waals surface area contributed by atoms with E-state index in [0.717, 1.165) is 43.8 Å². The Labute approximate surface area is 129 Å². The fourth-order valence-corrected chi connectivity index (χ4v) is 2.63. The summed E-state index contributed by atoms with van der Waals surface area (Å²) < 4.78 is 0. The maximum Gasteiger partial charge on any atom is 0.225 e. The van der Waals surface area contributed by atoms with Crippen LogP contribution in [0, 0.1) is 0 Å². The van der Waals surface area contributed by atoms with Gasteiger partial charge in [0.25, 0.3) is 0 Å². The van der Waals surface area contributed by atoms with Gasteiger partial charge < -0.3 is 15.1 Å². The zero-order chi connectivity index (χ0) is 14.8. The predicted octanol–water partition coefficient (Wildman–Crippen LogP) is 1.17. The Kier molecular flexibility index (Phi) is 3.46. The Bertz CT molecular complexity index is 621. The smallest absolute Gasteiger partial charge is 0.225 e. The lowest BCUT2D eigenvalue weighted by atomic mass is 10.3. The minimum absolute atomic E-state index is 0.606. The van der Waals surface area contributed by atoms with Gasteiger partial charge in [-0.25, -0.2) is 19.9 Å². The van der Waals surface area contributed by atoms with E-state index in [1.165, 1.54) is 12.8 Å². The molecule has 1 aliphatic carbocycles. The van der Waals surface area contributed by atoms with Crippen LogP contribution < -0.4 is 15.1 Å². The van der Waals surface area contributed by atoms with Crippen molar-refractivity contribution in [1.29, 1.82) is 0 Å². The van der Waals surface area contributed by atoms with Gasteiger partial charge in [0.15, 0.2) is 0 Å². The summed E-state index contributed by atoms with van der Waals surface area (Å²) in [4.78, 5) is 21.8. The molecule has 4 rings (SSSR count). The van der Waals surface area contributed by atoms with E-state index >= 15 is 0 Å². The molecule has 1 saturated carbocycles. The largest absolute Gasteiger partial charge is 0.367 e. The van der Waals surface area contributed by atoms with Crippen LogP contribution in [0.15, 0.2) is 30.9 Å². The van der Waals surface area contributed by atoms with Crippen LogP contribution in [-0.4, -0.2) is 52.2 Å². The number of nitrogens with zero attached hydrogens (tertiary/aromatic N) is 6. The van der Waals surface area contributed by atoms with Gasteiger partial charge in [-0.05, 0) is 18.9 Å². The monoisotopic (exact) mass is 297 g/mol. The summed E-state index contributed by atoms with van der Waals surface area (Å²) in [6.07, 6.45) is 7.71. The highest BCUT2D eigenvalue weighted by molar-refractivity contribution is 5.50. The first-order valence-corrected chi connectivity index (χ1v) is 7.74. The molecule has 0 amide bonds. The number of piperazine rings is 1. The fraction of sp³-hybridized carbons (Fsp3) is 0.467. The third-order valence-electron chi connectivity index (χ3n) is 4.02. The van der Waals surface area contributed by atoms with Gasteiger partial charge in [-0.15, -0.1) is 0 Å². The van der Waals surface area contributed by atoms with E-state index in [1.807, 2.05) is 12.1 Å². The normalized spacial score (nSPS) is 18.4. The standard InChI is InChI=1S/C15H19N7/c1-4-16-15(17-5-1)22-8-6-21(7-9-22)14-10-13(18-11-19-14)20-12-2-3-12/h1,4-5,10-12H,2-3,6-9H2,(H,18,19,20). The molecule has 0 radical (unpaired) electrons. The second-order valence-electron chi connectivity index (χ2n) is 5.70. The van der Waals surface area contributed by atoms with Crippen molar-refractivity contribution < 1.29 is 0 Å². The van der Waals surface area contributed by atoms with Crippen molar-refractivity contribution in [3.8, 4) is 0 Å². The molecule has 2 aromatic heterocycles. The first-order chi connectivity index (χ1) is 10.9. The zero-order valence-electron chi connectivity index (χ0n) is 12.4. The maximum absolute atomic E-state index is 4.41. The fourth-order valence-electron chi connectivity index (χ4n) is 2.63. The SMILES string of the molecule is c1cnc(N2CCN(c3cc(NC4CC4)ncn3)CC2)nc1. The third kappa shape index (κ3) is 2.93. The minimum atomic E-state index is 0.606. The van der Waals surface area contributed by atoms with Crippen molar-refractivity contribution in [3.63, 3.8) is 0 Å². The Balaban J connectivity index is 1.40. The lowest BCUT2D eigenvalue weighted by Gasteiger charge is -2.35. The summed E-state index contributed by atoms with van der Waals surface area (Å²) in [5.74, 6) is 2.73. The number of nitrogens with one attached hydrogen (secondary N) is 1. The van der Waals surface area contributed by atoms with Crippen LogP contribution in [0.2, 0.25) is 0 Å². The summed E-state index contributed by atoms with van der Waals surface area (Å²) in [5, 5.41) is 3.42. The Morgan fingerprint density at radius 2 is 1.64 bits per heavy atom. The molecule has 1 saturated heterocycles. The van der Waals surface area contributed by atoms with Crippen LogP contribution in [0.25, 0.3) is 0 Å². The summed E-state index contributed by atoms with van der Waals surface area (Å²) >= 11 is 0. The second-order valence-corrected chi connectivity index (χ2v) is 5.70. The highest BCUT2D eigenvalue weighted by Gasteiger charge is 2.23. The molecule has 0 spiro atoms. The highest BCUT2D eigenvalue weighted by atomic mass is 15.3. The Morgan fingerprint density at radius 1 is 0.909 bits per heavy atom. The molecule has 0 aromatic carbocycles. The topological polar surface area (TPSA) is 70.1 Å². The first-order valence-electron chi connectivity index (χ1n) is 7.74. The molecule has 0 atom stereocenters. The summed E-state index contributed by atoms with van der Waals surface area (Å²) in [7, 11) is 0. The lowest BCUT2D eigenvalue weighted by molar-refractivity contribution is 0.634. The Morgan fingerprint density at radius 3 is 2.36 bits per heavy atom. The molecule has 1 N–H and O–H groups in total. The molecule has 2 aliphatic rings. The van der Waals surface area contributed by atoms with Gasteiger partial charge in [0.05, 0.1) is 0 Å². The number of hydrogen-bond donors (Lipinski definition) is 1. The van der Waals surface area contributed by atoms with Crippen molar-refractivity contribution >= 4 is 17.6 Å². The van der Waals surface area contributed by atoms with E-state index in [-0.39, 0.29) is 0 Å². The molecule has 1 aliphatic heterocycles. The lowest BCUT2D eigenvalue weighted by Crippen LogP contribution is -2.47. The number of anilines is 3.